The fourth-order valence-electron chi connectivity index (χ4n) is 4.83. The highest BCUT2D eigenvalue weighted by molar-refractivity contribution is 5.94. The number of nitrogens with zero attached hydrogens (tertiary/aromatic N) is 1. The van der Waals surface area contributed by atoms with E-state index in [0.717, 1.165) is 11.1 Å². The van der Waals surface area contributed by atoms with E-state index in [-0.39, 0.29) is 25.8 Å². The summed E-state index contributed by atoms with van der Waals surface area (Å²) in [6.45, 7) is 17.6. The molecule has 0 spiro atoms. The molecule has 0 aliphatic heterocycles. The SMILES string of the molecule is C=CCN(C(=O)C(CCC(N)=O)NC(=O)OC(C)(C)C)C(C(=O)NC(Cc1ccccc1)C(=O)OC(C)(C)C)c1cc(C)ccc1C. The molecular formula is C36H50N4O7. The molecule has 0 heterocycles. The molecule has 0 aromatic heterocycles. The Morgan fingerprint density at radius 2 is 1.51 bits per heavy atom. The van der Waals surface area contributed by atoms with Crippen molar-refractivity contribution in [3.05, 3.63) is 83.4 Å². The minimum atomic E-state index is -1.27. The highest BCUT2D eigenvalue weighted by Gasteiger charge is 2.38. The number of hydrogen-bond donors (Lipinski definition) is 3. The van der Waals surface area contributed by atoms with E-state index < -0.39 is 59.1 Å². The Hall–Kier alpha value is -4.67. The average molecular weight is 651 g/mol. The molecule has 0 aliphatic carbocycles. The fraction of sp³-hybridized carbons (Fsp3) is 0.472. The average Bonchev–Trinajstić information content (AvgIpc) is 2.94. The first-order valence-electron chi connectivity index (χ1n) is 15.6. The lowest BCUT2D eigenvalue weighted by atomic mass is 9.95. The highest BCUT2D eigenvalue weighted by atomic mass is 16.6. The van der Waals surface area contributed by atoms with Gasteiger partial charge in [0.05, 0.1) is 0 Å². The fourth-order valence-corrected chi connectivity index (χ4v) is 4.83. The maximum absolute atomic E-state index is 14.5. The van der Waals surface area contributed by atoms with Crippen LogP contribution in [0.5, 0.6) is 0 Å². The molecule has 4 N–H and O–H groups in total. The molecule has 0 radical (unpaired) electrons. The van der Waals surface area contributed by atoms with Gasteiger partial charge < -0.3 is 30.7 Å². The molecule has 0 fully saturated rings. The third-order valence-electron chi connectivity index (χ3n) is 6.86. The van der Waals surface area contributed by atoms with Crippen molar-refractivity contribution in [3.63, 3.8) is 0 Å². The van der Waals surface area contributed by atoms with Crippen LogP contribution in [0.1, 0.15) is 82.7 Å². The van der Waals surface area contributed by atoms with E-state index in [9.17, 15) is 24.0 Å². The third-order valence-corrected chi connectivity index (χ3v) is 6.86. The standard InChI is InChI=1S/C36H50N4O7/c1-10-20-40(32(43)27(18-19-29(37)41)39-34(45)47-36(7,8)9)30(26-21-23(2)16-17-24(26)3)31(42)38-28(33(44)46-35(4,5)6)22-25-14-12-11-13-15-25/h10-17,21,27-28,30H,1,18-20,22H2,2-9H3,(H2,37,41)(H,38,42)(H,39,45). The molecule has 2 aromatic carbocycles. The monoisotopic (exact) mass is 650 g/mol. The molecule has 11 heteroatoms. The lowest BCUT2D eigenvalue weighted by Crippen LogP contribution is -2.55. The van der Waals surface area contributed by atoms with Gasteiger partial charge >= 0.3 is 12.1 Å². The summed E-state index contributed by atoms with van der Waals surface area (Å²) in [6.07, 6.45) is 0.359. The molecule has 4 amide bonds. The van der Waals surface area contributed by atoms with E-state index in [1.165, 1.54) is 11.0 Å². The molecule has 2 aromatic rings. The largest absolute Gasteiger partial charge is 0.458 e. The summed E-state index contributed by atoms with van der Waals surface area (Å²) in [5, 5.41) is 5.42. The number of amides is 4. The van der Waals surface area contributed by atoms with Gasteiger partial charge in [0.1, 0.15) is 29.3 Å². The number of carbonyl (C=O) groups excluding carboxylic acids is 5. The van der Waals surface area contributed by atoms with Crippen LogP contribution in [0.25, 0.3) is 0 Å². The van der Waals surface area contributed by atoms with Gasteiger partial charge in [-0.15, -0.1) is 6.58 Å². The second kappa shape index (κ2) is 16.8. The summed E-state index contributed by atoms with van der Waals surface area (Å²) in [5.41, 5.74) is 6.56. The summed E-state index contributed by atoms with van der Waals surface area (Å²) in [5.74, 6) is -2.63. The van der Waals surface area contributed by atoms with E-state index in [4.69, 9.17) is 15.2 Å². The summed E-state index contributed by atoms with van der Waals surface area (Å²) >= 11 is 0. The van der Waals surface area contributed by atoms with E-state index in [1.54, 1.807) is 47.6 Å². The number of carbonyl (C=O) groups is 5. The van der Waals surface area contributed by atoms with E-state index in [0.29, 0.717) is 11.1 Å². The molecule has 3 atom stereocenters. The first kappa shape index (κ1) is 38.5. The van der Waals surface area contributed by atoms with E-state index >= 15 is 0 Å². The number of hydrogen-bond acceptors (Lipinski definition) is 7. The Labute approximate surface area is 278 Å². The molecule has 47 heavy (non-hydrogen) atoms. The van der Waals surface area contributed by atoms with Crippen molar-refractivity contribution in [2.75, 3.05) is 6.54 Å². The second-order valence-electron chi connectivity index (χ2n) is 13.5. The van der Waals surface area contributed by atoms with Crippen molar-refractivity contribution in [2.24, 2.45) is 5.73 Å². The lowest BCUT2D eigenvalue weighted by molar-refractivity contribution is -0.159. The lowest BCUT2D eigenvalue weighted by Gasteiger charge is -2.35. The number of nitrogens with two attached hydrogens (primary N) is 1. The molecule has 0 saturated heterocycles. The predicted molar refractivity (Wildman–Crippen MR) is 180 cm³/mol. The van der Waals surface area contributed by atoms with Gasteiger partial charge in [-0.2, -0.15) is 0 Å². The van der Waals surface area contributed by atoms with Gasteiger partial charge in [-0.1, -0.05) is 60.2 Å². The van der Waals surface area contributed by atoms with Crippen molar-refractivity contribution in [2.45, 2.75) is 104 Å². The summed E-state index contributed by atoms with van der Waals surface area (Å²) in [7, 11) is 0. The normalized spacial score (nSPS) is 13.4. The minimum Gasteiger partial charge on any atom is -0.458 e. The smallest absolute Gasteiger partial charge is 0.408 e. The summed E-state index contributed by atoms with van der Waals surface area (Å²) < 4.78 is 11.1. The summed E-state index contributed by atoms with van der Waals surface area (Å²) in [6, 6.07) is 11.1. The Morgan fingerprint density at radius 3 is 2.06 bits per heavy atom. The molecule has 256 valence electrons. The van der Waals surface area contributed by atoms with Crippen molar-refractivity contribution >= 4 is 29.8 Å². The Morgan fingerprint density at radius 1 is 0.894 bits per heavy atom. The van der Waals surface area contributed by atoms with Crippen LogP contribution in [0, 0.1) is 13.8 Å². The van der Waals surface area contributed by atoms with Crippen LogP contribution in [-0.4, -0.2) is 64.5 Å². The van der Waals surface area contributed by atoms with Crippen molar-refractivity contribution < 1.29 is 33.4 Å². The number of benzene rings is 2. The number of rotatable bonds is 14. The van der Waals surface area contributed by atoms with Gasteiger partial charge in [-0.3, -0.25) is 14.4 Å². The molecule has 2 rings (SSSR count). The molecule has 0 bridgehead atoms. The van der Waals surface area contributed by atoms with Crippen LogP contribution in [-0.2, 0) is 35.1 Å². The van der Waals surface area contributed by atoms with Gasteiger partial charge in [-0.25, -0.2) is 9.59 Å². The van der Waals surface area contributed by atoms with Gasteiger partial charge in [0.15, 0.2) is 0 Å². The molecular weight excluding hydrogens is 600 g/mol. The highest BCUT2D eigenvalue weighted by Crippen LogP contribution is 2.28. The zero-order chi connectivity index (χ0) is 35.5. The number of alkyl carbamates (subject to hydrolysis) is 1. The topological polar surface area (TPSA) is 157 Å². The molecule has 3 unspecified atom stereocenters. The van der Waals surface area contributed by atoms with Gasteiger partial charge in [-0.05, 0) is 78.5 Å². The second-order valence-corrected chi connectivity index (χ2v) is 13.5. The zero-order valence-electron chi connectivity index (χ0n) is 28.8. The van der Waals surface area contributed by atoms with Crippen molar-refractivity contribution in [3.8, 4) is 0 Å². The van der Waals surface area contributed by atoms with Gasteiger partial charge in [0, 0.05) is 19.4 Å². The quantitative estimate of drug-likeness (QED) is 0.199. The van der Waals surface area contributed by atoms with Crippen molar-refractivity contribution in [1.82, 2.24) is 15.5 Å². The molecule has 0 saturated carbocycles. The van der Waals surface area contributed by atoms with Crippen molar-refractivity contribution in [1.29, 1.82) is 0 Å². The van der Waals surface area contributed by atoms with E-state index in [2.05, 4.69) is 17.2 Å². The zero-order valence-corrected chi connectivity index (χ0v) is 28.8. The third kappa shape index (κ3) is 12.9. The van der Waals surface area contributed by atoms with Crippen LogP contribution < -0.4 is 16.4 Å². The minimum absolute atomic E-state index is 0.108. The summed E-state index contributed by atoms with van der Waals surface area (Å²) in [4.78, 5) is 68.1. The maximum atomic E-state index is 14.5. The Balaban J connectivity index is 2.65. The first-order chi connectivity index (χ1) is 21.8. The number of esters is 1. The van der Waals surface area contributed by atoms with Gasteiger partial charge in [0.25, 0.3) is 0 Å². The molecule has 0 aliphatic rings. The Bertz CT molecular complexity index is 1430. The predicted octanol–water partition coefficient (Wildman–Crippen LogP) is 4.59. The molecule has 11 nitrogen and oxygen atoms in total. The number of nitrogens with one attached hydrogen (secondary N) is 2. The number of ether oxygens (including phenoxy) is 2. The number of aryl methyl sites for hydroxylation is 2. The Kier molecular flexibility index (Phi) is 13.7. The van der Waals surface area contributed by atoms with Crippen LogP contribution in [0.15, 0.2) is 61.2 Å². The first-order valence-corrected chi connectivity index (χ1v) is 15.6. The number of primary amides is 1. The van der Waals surface area contributed by atoms with Crippen LogP contribution >= 0.6 is 0 Å². The van der Waals surface area contributed by atoms with Crippen LogP contribution in [0.2, 0.25) is 0 Å². The van der Waals surface area contributed by atoms with Crippen LogP contribution in [0.3, 0.4) is 0 Å². The van der Waals surface area contributed by atoms with Crippen LogP contribution in [0.4, 0.5) is 4.79 Å². The maximum Gasteiger partial charge on any atom is 0.408 e. The van der Waals surface area contributed by atoms with E-state index in [1.807, 2.05) is 56.3 Å². The van der Waals surface area contributed by atoms with Gasteiger partial charge in [0.2, 0.25) is 17.7 Å².